The SMILES string of the molecule is CN1CCC(CNC(=O)c2ccc(-n3ncc(Cc4ccc(C#N)cc4)c3O)nc2)CC1. The first-order valence-electron chi connectivity index (χ1n) is 10.7. The summed E-state index contributed by atoms with van der Waals surface area (Å²) in [6.07, 6.45) is 5.77. The summed E-state index contributed by atoms with van der Waals surface area (Å²) in [4.78, 5) is 19.1. The molecule has 4 rings (SSSR count). The number of aromatic hydroxyl groups is 1. The lowest BCUT2D eigenvalue weighted by atomic mass is 9.97. The lowest BCUT2D eigenvalue weighted by molar-refractivity contribution is 0.0938. The van der Waals surface area contributed by atoms with Gasteiger partial charge in [-0.2, -0.15) is 15.0 Å². The topological polar surface area (TPSA) is 107 Å². The molecular weight excluding hydrogens is 404 g/mol. The van der Waals surface area contributed by atoms with E-state index in [0.29, 0.717) is 41.4 Å². The number of carbonyl (C=O) groups is 1. The maximum absolute atomic E-state index is 12.5. The summed E-state index contributed by atoms with van der Waals surface area (Å²) < 4.78 is 1.35. The Balaban J connectivity index is 1.38. The molecule has 1 saturated heterocycles. The van der Waals surface area contributed by atoms with Gasteiger partial charge in [0.25, 0.3) is 5.91 Å². The third-order valence-corrected chi connectivity index (χ3v) is 5.91. The minimum atomic E-state index is -0.144. The van der Waals surface area contributed by atoms with Crippen molar-refractivity contribution in [3.63, 3.8) is 0 Å². The second kappa shape index (κ2) is 9.62. The van der Waals surface area contributed by atoms with Gasteiger partial charge in [0.05, 0.1) is 23.4 Å². The van der Waals surface area contributed by atoms with Gasteiger partial charge in [-0.3, -0.25) is 4.79 Å². The molecule has 0 saturated carbocycles. The van der Waals surface area contributed by atoms with Crippen LogP contribution in [0.4, 0.5) is 0 Å². The van der Waals surface area contributed by atoms with E-state index in [1.54, 1.807) is 30.5 Å². The molecule has 32 heavy (non-hydrogen) atoms. The van der Waals surface area contributed by atoms with Gasteiger partial charge in [0.1, 0.15) is 0 Å². The second-order valence-electron chi connectivity index (χ2n) is 8.25. The number of rotatable bonds is 6. The fraction of sp³-hybridized carbons (Fsp3) is 0.333. The molecule has 3 heterocycles. The van der Waals surface area contributed by atoms with Gasteiger partial charge in [-0.1, -0.05) is 12.1 Å². The highest BCUT2D eigenvalue weighted by Gasteiger charge is 2.18. The summed E-state index contributed by atoms with van der Waals surface area (Å²) >= 11 is 0. The van der Waals surface area contributed by atoms with Gasteiger partial charge in [0.2, 0.25) is 5.88 Å². The second-order valence-corrected chi connectivity index (χ2v) is 8.25. The Morgan fingerprint density at radius 3 is 2.59 bits per heavy atom. The van der Waals surface area contributed by atoms with Crippen LogP contribution in [0.3, 0.4) is 0 Å². The lowest BCUT2D eigenvalue weighted by Gasteiger charge is -2.28. The Morgan fingerprint density at radius 1 is 1.19 bits per heavy atom. The highest BCUT2D eigenvalue weighted by Crippen LogP contribution is 2.23. The molecule has 0 unspecified atom stereocenters. The molecule has 8 nitrogen and oxygen atoms in total. The van der Waals surface area contributed by atoms with Crippen LogP contribution < -0.4 is 5.32 Å². The maximum atomic E-state index is 12.5. The Kier molecular flexibility index (Phi) is 6.47. The maximum Gasteiger partial charge on any atom is 0.252 e. The number of piperidine rings is 1. The van der Waals surface area contributed by atoms with Crippen molar-refractivity contribution in [1.82, 2.24) is 25.0 Å². The van der Waals surface area contributed by atoms with Gasteiger partial charge in [-0.25, -0.2) is 4.98 Å². The normalized spacial score (nSPS) is 14.8. The monoisotopic (exact) mass is 430 g/mol. The number of likely N-dealkylation sites (tertiary alicyclic amines) is 1. The van der Waals surface area contributed by atoms with Crippen LogP contribution >= 0.6 is 0 Å². The van der Waals surface area contributed by atoms with E-state index >= 15 is 0 Å². The van der Waals surface area contributed by atoms with E-state index in [4.69, 9.17) is 5.26 Å². The quantitative estimate of drug-likeness (QED) is 0.622. The third kappa shape index (κ3) is 4.95. The van der Waals surface area contributed by atoms with E-state index in [0.717, 1.165) is 31.5 Å². The van der Waals surface area contributed by atoms with Crippen molar-refractivity contribution in [3.8, 4) is 17.8 Å². The van der Waals surface area contributed by atoms with E-state index in [9.17, 15) is 9.90 Å². The largest absolute Gasteiger partial charge is 0.493 e. The third-order valence-electron chi connectivity index (χ3n) is 5.91. The van der Waals surface area contributed by atoms with Crippen LogP contribution in [0.1, 0.15) is 39.9 Å². The number of benzene rings is 1. The first-order chi connectivity index (χ1) is 15.5. The molecule has 0 radical (unpaired) electrons. The van der Waals surface area contributed by atoms with Gasteiger partial charge in [0, 0.05) is 24.7 Å². The van der Waals surface area contributed by atoms with E-state index in [-0.39, 0.29) is 11.8 Å². The summed E-state index contributed by atoms with van der Waals surface area (Å²) in [6, 6.07) is 12.6. The summed E-state index contributed by atoms with van der Waals surface area (Å²) in [5.74, 6) is 0.800. The number of nitrogens with zero attached hydrogens (tertiary/aromatic N) is 5. The van der Waals surface area contributed by atoms with Crippen LogP contribution in [-0.2, 0) is 6.42 Å². The van der Waals surface area contributed by atoms with Crippen molar-refractivity contribution < 1.29 is 9.90 Å². The van der Waals surface area contributed by atoms with E-state index in [1.165, 1.54) is 10.9 Å². The Morgan fingerprint density at radius 2 is 1.94 bits per heavy atom. The van der Waals surface area contributed by atoms with Gasteiger partial charge in [-0.05, 0) is 68.7 Å². The van der Waals surface area contributed by atoms with Crippen LogP contribution in [0.5, 0.6) is 5.88 Å². The van der Waals surface area contributed by atoms with Crippen LogP contribution in [0, 0.1) is 17.2 Å². The van der Waals surface area contributed by atoms with Gasteiger partial charge >= 0.3 is 0 Å². The van der Waals surface area contributed by atoms with Crippen molar-refractivity contribution in [3.05, 3.63) is 71.0 Å². The average Bonchev–Trinajstić information content (AvgIpc) is 3.19. The molecule has 0 aliphatic carbocycles. The number of carbonyl (C=O) groups excluding carboxylic acids is 1. The predicted octanol–water partition coefficient (Wildman–Crippen LogP) is 2.51. The highest BCUT2D eigenvalue weighted by molar-refractivity contribution is 5.93. The van der Waals surface area contributed by atoms with Gasteiger partial charge in [0.15, 0.2) is 5.82 Å². The summed E-state index contributed by atoms with van der Waals surface area (Å²) in [5, 5.41) is 26.7. The number of hydrogen-bond donors (Lipinski definition) is 2. The lowest BCUT2D eigenvalue weighted by Crippen LogP contribution is -2.36. The van der Waals surface area contributed by atoms with Crippen molar-refractivity contribution in [2.24, 2.45) is 5.92 Å². The zero-order valence-corrected chi connectivity index (χ0v) is 18.0. The van der Waals surface area contributed by atoms with Crippen molar-refractivity contribution in [1.29, 1.82) is 5.26 Å². The van der Waals surface area contributed by atoms with Crippen LogP contribution in [0.15, 0.2) is 48.8 Å². The van der Waals surface area contributed by atoms with Gasteiger partial charge < -0.3 is 15.3 Å². The number of nitriles is 1. The van der Waals surface area contributed by atoms with Gasteiger partial charge in [-0.15, -0.1) is 0 Å². The zero-order chi connectivity index (χ0) is 22.5. The average molecular weight is 431 g/mol. The molecule has 1 amide bonds. The van der Waals surface area contributed by atoms with E-state index in [1.807, 2.05) is 12.1 Å². The molecule has 0 spiro atoms. The Labute approximate surface area is 187 Å². The molecule has 8 heteroatoms. The van der Waals surface area contributed by atoms with E-state index in [2.05, 4.69) is 33.4 Å². The smallest absolute Gasteiger partial charge is 0.252 e. The minimum absolute atomic E-state index is 0.00123. The minimum Gasteiger partial charge on any atom is -0.493 e. The fourth-order valence-electron chi connectivity index (χ4n) is 3.84. The molecule has 2 N–H and O–H groups in total. The van der Waals surface area contributed by atoms with Crippen LogP contribution in [0.25, 0.3) is 5.82 Å². The Bertz CT molecular complexity index is 1110. The molecule has 164 valence electrons. The fourth-order valence-corrected chi connectivity index (χ4v) is 3.84. The predicted molar refractivity (Wildman–Crippen MR) is 120 cm³/mol. The molecular formula is C24H26N6O2. The summed E-state index contributed by atoms with van der Waals surface area (Å²) in [6.45, 7) is 2.81. The zero-order valence-electron chi connectivity index (χ0n) is 18.0. The summed E-state index contributed by atoms with van der Waals surface area (Å²) in [5.41, 5.74) is 2.68. The molecule has 1 aliphatic rings. The van der Waals surface area contributed by atoms with Crippen LogP contribution in [-0.4, -0.2) is 57.4 Å². The van der Waals surface area contributed by atoms with Crippen LogP contribution in [0.2, 0.25) is 0 Å². The molecule has 0 atom stereocenters. The van der Waals surface area contributed by atoms with Crippen molar-refractivity contribution in [2.45, 2.75) is 19.3 Å². The summed E-state index contributed by atoms with van der Waals surface area (Å²) in [7, 11) is 2.12. The first-order valence-corrected chi connectivity index (χ1v) is 10.7. The highest BCUT2D eigenvalue weighted by atomic mass is 16.3. The number of nitrogens with one attached hydrogen (secondary N) is 1. The number of pyridine rings is 1. The standard InChI is InChI=1S/C24H26N6O2/c1-29-10-8-19(9-11-29)14-27-23(31)20-6-7-22(26-15-20)30-24(32)21(16-28-30)12-17-2-4-18(13-25)5-3-17/h2-7,15-16,19,32H,8-12,14H2,1H3,(H,27,31). The first kappa shape index (κ1) is 21.5. The molecule has 1 fully saturated rings. The van der Waals surface area contributed by atoms with E-state index < -0.39 is 0 Å². The van der Waals surface area contributed by atoms with Crippen molar-refractivity contribution in [2.75, 3.05) is 26.7 Å². The number of amides is 1. The molecule has 1 aromatic carbocycles. The molecule has 1 aliphatic heterocycles. The number of hydrogen-bond acceptors (Lipinski definition) is 6. The van der Waals surface area contributed by atoms with Crippen molar-refractivity contribution >= 4 is 5.91 Å². The molecule has 0 bridgehead atoms. The molecule has 3 aromatic rings. The number of aromatic nitrogens is 3. The molecule has 2 aromatic heterocycles. The Hall–Kier alpha value is -3.70.